The number of benzene rings is 1. The molecule has 0 bridgehead atoms. The highest BCUT2D eigenvalue weighted by molar-refractivity contribution is 7.55. The van der Waals surface area contributed by atoms with Gasteiger partial charge in [0.2, 0.25) is 0 Å². The number of aldehydes is 1. The van der Waals surface area contributed by atoms with Gasteiger partial charge < -0.3 is 18.9 Å². The van der Waals surface area contributed by atoms with Crippen LogP contribution in [0.5, 0.6) is 0 Å². The van der Waals surface area contributed by atoms with Crippen LogP contribution in [0.15, 0.2) is 24.3 Å². The normalized spacial score (nSPS) is 14.8. The Kier molecular flexibility index (Phi) is 6.02. The molecular weight excluding hydrogens is 286 g/mol. The highest BCUT2D eigenvalue weighted by atomic mass is 31.2. The number of hydrogen-bond donors (Lipinski definition) is 1. The zero-order chi connectivity index (χ0) is 15.2. The maximum atomic E-state index is 13.0. The molecule has 0 saturated carbocycles. The molecule has 1 atom stereocenters. The molecule has 1 N–H and O–H groups in total. The quantitative estimate of drug-likeness (QED) is 0.590. The number of halogens is 1. The molecule has 0 saturated heterocycles. The molecule has 0 fully saturated rings. The third-order valence-corrected chi connectivity index (χ3v) is 5.27. The summed E-state index contributed by atoms with van der Waals surface area (Å²) >= 11 is 0. The van der Waals surface area contributed by atoms with Crippen molar-refractivity contribution in [1.29, 1.82) is 0 Å². The summed E-state index contributed by atoms with van der Waals surface area (Å²) in [7, 11) is -3.99. The second-order valence-electron chi connectivity index (χ2n) is 4.03. The Morgan fingerprint density at radius 1 is 1.25 bits per heavy atom. The molecule has 0 aliphatic heterocycles. The molecule has 0 aromatic heterocycles. The van der Waals surface area contributed by atoms with E-state index in [2.05, 4.69) is 0 Å². The Labute approximate surface area is 117 Å². The van der Waals surface area contributed by atoms with E-state index in [0.29, 0.717) is 6.29 Å². The summed E-state index contributed by atoms with van der Waals surface area (Å²) in [6.07, 6.45) is -0.0516. The van der Waals surface area contributed by atoms with Gasteiger partial charge >= 0.3 is 7.60 Å². The molecule has 7 heteroatoms. The van der Waals surface area contributed by atoms with Crippen molar-refractivity contribution in [3.8, 4) is 0 Å². The second kappa shape index (κ2) is 7.09. The molecule has 0 heterocycles. The van der Waals surface area contributed by atoms with E-state index >= 15 is 0 Å². The second-order valence-corrected chi connectivity index (χ2v) is 6.28. The lowest BCUT2D eigenvalue weighted by molar-refractivity contribution is -0.111. The van der Waals surface area contributed by atoms with Crippen LogP contribution in [0.25, 0.3) is 0 Å². The van der Waals surface area contributed by atoms with Gasteiger partial charge in [0.25, 0.3) is 0 Å². The summed E-state index contributed by atoms with van der Waals surface area (Å²) in [5, 5.41) is 8.56. The van der Waals surface area contributed by atoms with E-state index in [0.717, 1.165) is 12.1 Å². The van der Waals surface area contributed by atoms with Gasteiger partial charge in [-0.05, 0) is 31.5 Å². The standard InChI is InChI=1S/C13H18FO5P/c1-3-18-20(17,19-4-2)13(16,9-10-15)11-5-7-12(14)8-6-11/h5-8,10,16H,3-4,9H2,1-2H3/t13-/m0/s1. The molecule has 112 valence electrons. The smallest absolute Gasteiger partial charge is 0.366 e. The maximum absolute atomic E-state index is 13.0. The van der Waals surface area contributed by atoms with Crippen LogP contribution in [0.2, 0.25) is 0 Å². The van der Waals surface area contributed by atoms with Crippen LogP contribution in [0, 0.1) is 5.82 Å². The highest BCUT2D eigenvalue weighted by Crippen LogP contribution is 2.64. The van der Waals surface area contributed by atoms with E-state index in [-0.39, 0.29) is 18.8 Å². The summed E-state index contributed by atoms with van der Waals surface area (Å²) < 4.78 is 35.9. The van der Waals surface area contributed by atoms with Gasteiger partial charge in [0.05, 0.1) is 13.2 Å². The van der Waals surface area contributed by atoms with E-state index in [9.17, 15) is 18.9 Å². The molecule has 1 aromatic carbocycles. The lowest BCUT2D eigenvalue weighted by atomic mass is 10.1. The lowest BCUT2D eigenvalue weighted by Gasteiger charge is -2.33. The van der Waals surface area contributed by atoms with Gasteiger partial charge in [-0.1, -0.05) is 12.1 Å². The maximum Gasteiger partial charge on any atom is 0.366 e. The van der Waals surface area contributed by atoms with Crippen LogP contribution < -0.4 is 0 Å². The van der Waals surface area contributed by atoms with Gasteiger partial charge in [0, 0.05) is 6.42 Å². The number of hydrogen-bond acceptors (Lipinski definition) is 5. The highest BCUT2D eigenvalue weighted by Gasteiger charge is 2.50. The number of carbonyl (C=O) groups excluding carboxylic acids is 1. The summed E-state index contributed by atoms with van der Waals surface area (Å²) in [5.74, 6) is -0.509. The molecule has 1 aromatic rings. The molecule has 0 amide bonds. The first-order valence-corrected chi connectivity index (χ1v) is 7.79. The zero-order valence-electron chi connectivity index (χ0n) is 11.4. The van der Waals surface area contributed by atoms with Crippen molar-refractivity contribution >= 4 is 13.9 Å². The van der Waals surface area contributed by atoms with Crippen molar-refractivity contribution < 1.29 is 27.9 Å². The average molecular weight is 304 g/mol. The molecule has 20 heavy (non-hydrogen) atoms. The van der Waals surface area contributed by atoms with Crippen molar-refractivity contribution in [3.63, 3.8) is 0 Å². The van der Waals surface area contributed by atoms with Crippen LogP contribution in [-0.4, -0.2) is 24.6 Å². The van der Waals surface area contributed by atoms with Crippen LogP contribution in [0.1, 0.15) is 25.8 Å². The van der Waals surface area contributed by atoms with Crippen LogP contribution in [-0.2, 0) is 23.7 Å². The van der Waals surface area contributed by atoms with E-state index < -0.39 is 25.2 Å². The average Bonchev–Trinajstić information content (AvgIpc) is 2.40. The van der Waals surface area contributed by atoms with Crippen molar-refractivity contribution in [3.05, 3.63) is 35.6 Å². The van der Waals surface area contributed by atoms with Crippen LogP contribution in [0.3, 0.4) is 0 Å². The molecule has 0 aliphatic carbocycles. The predicted molar refractivity (Wildman–Crippen MR) is 71.8 cm³/mol. The van der Waals surface area contributed by atoms with E-state index in [1.54, 1.807) is 13.8 Å². The lowest BCUT2D eigenvalue weighted by Crippen LogP contribution is -2.29. The fraction of sp³-hybridized carbons (Fsp3) is 0.462. The molecule has 0 unspecified atom stereocenters. The Morgan fingerprint density at radius 2 is 1.75 bits per heavy atom. The van der Waals surface area contributed by atoms with Gasteiger partial charge in [-0.2, -0.15) is 0 Å². The van der Waals surface area contributed by atoms with E-state index in [4.69, 9.17) is 9.05 Å². The summed E-state index contributed by atoms with van der Waals surface area (Å²) in [6.45, 7) is 3.27. The molecule has 5 nitrogen and oxygen atoms in total. The van der Waals surface area contributed by atoms with Gasteiger partial charge in [0.1, 0.15) is 12.1 Å². The van der Waals surface area contributed by atoms with Crippen molar-refractivity contribution in [2.75, 3.05) is 13.2 Å². The monoisotopic (exact) mass is 304 g/mol. The summed E-state index contributed by atoms with van der Waals surface area (Å²) in [6, 6.07) is 4.72. The Morgan fingerprint density at radius 3 is 2.15 bits per heavy atom. The SMILES string of the molecule is CCOP(=O)(OCC)[C@@](O)(CC=O)c1ccc(F)cc1. The Hall–Kier alpha value is -1.07. The minimum Gasteiger partial charge on any atom is -0.373 e. The fourth-order valence-corrected chi connectivity index (χ4v) is 3.76. The van der Waals surface area contributed by atoms with E-state index in [1.807, 2.05) is 0 Å². The van der Waals surface area contributed by atoms with Crippen molar-refractivity contribution in [2.45, 2.75) is 25.6 Å². The molecule has 1 rings (SSSR count). The van der Waals surface area contributed by atoms with Gasteiger partial charge in [0.15, 0.2) is 5.34 Å². The molecule has 0 spiro atoms. The fourth-order valence-electron chi connectivity index (χ4n) is 1.81. The van der Waals surface area contributed by atoms with Crippen molar-refractivity contribution in [1.82, 2.24) is 0 Å². The number of aliphatic hydroxyl groups is 1. The third kappa shape index (κ3) is 3.33. The first kappa shape index (κ1) is 17.0. The molecule has 0 radical (unpaired) electrons. The molecule has 0 aliphatic rings. The first-order valence-electron chi connectivity index (χ1n) is 6.24. The number of rotatable bonds is 8. The van der Waals surface area contributed by atoms with Crippen LogP contribution in [0.4, 0.5) is 4.39 Å². The van der Waals surface area contributed by atoms with E-state index in [1.165, 1.54) is 12.1 Å². The first-order chi connectivity index (χ1) is 9.43. The largest absolute Gasteiger partial charge is 0.373 e. The topological polar surface area (TPSA) is 72.8 Å². The third-order valence-electron chi connectivity index (χ3n) is 2.73. The van der Waals surface area contributed by atoms with Gasteiger partial charge in [-0.3, -0.25) is 4.57 Å². The predicted octanol–water partition coefficient (Wildman–Crippen LogP) is 2.83. The summed E-state index contributed by atoms with van der Waals surface area (Å²) in [5.41, 5.74) is 0.108. The van der Waals surface area contributed by atoms with Crippen molar-refractivity contribution in [2.24, 2.45) is 0 Å². The zero-order valence-corrected chi connectivity index (χ0v) is 12.3. The number of carbonyl (C=O) groups is 1. The van der Waals surface area contributed by atoms with Crippen LogP contribution >= 0.6 is 7.60 Å². The van der Waals surface area contributed by atoms with Gasteiger partial charge in [-0.25, -0.2) is 4.39 Å². The Balaban J connectivity index is 3.34. The van der Waals surface area contributed by atoms with Gasteiger partial charge in [-0.15, -0.1) is 0 Å². The summed E-state index contributed by atoms with van der Waals surface area (Å²) in [4.78, 5) is 10.8. The molecular formula is C13H18FO5P. The minimum absolute atomic E-state index is 0.0413. The Bertz CT molecular complexity index is 480. The minimum atomic E-state index is -3.99.